The summed E-state index contributed by atoms with van der Waals surface area (Å²) in [5, 5.41) is 21.7. The van der Waals surface area contributed by atoms with E-state index in [-0.39, 0.29) is 19.1 Å². The highest BCUT2D eigenvalue weighted by atomic mass is 16.6. The number of carbonyl (C=O) groups is 1. The fourth-order valence-corrected chi connectivity index (χ4v) is 4.43. The fourth-order valence-electron chi connectivity index (χ4n) is 4.43. The summed E-state index contributed by atoms with van der Waals surface area (Å²) in [5.74, 6) is 0. The van der Waals surface area contributed by atoms with Gasteiger partial charge in [0.25, 0.3) is 0 Å². The third-order valence-electron chi connectivity index (χ3n) is 5.89. The average molecular weight is 386 g/mol. The third kappa shape index (κ3) is 3.74. The first-order valence-electron chi connectivity index (χ1n) is 10.0. The molecule has 6 nitrogen and oxygen atoms in total. The zero-order chi connectivity index (χ0) is 20.6. The molecule has 2 aliphatic heterocycles. The lowest BCUT2D eigenvalue weighted by Crippen LogP contribution is -2.79. The molecular weight excluding hydrogens is 354 g/mol. The molecule has 1 N–H and O–H groups in total. The van der Waals surface area contributed by atoms with Gasteiger partial charge in [0.1, 0.15) is 16.7 Å². The van der Waals surface area contributed by atoms with E-state index >= 15 is 0 Å². The van der Waals surface area contributed by atoms with E-state index in [1.165, 1.54) is 4.90 Å². The fraction of sp³-hybridized carbons (Fsp3) is 0.636. The van der Waals surface area contributed by atoms with E-state index in [9.17, 15) is 15.2 Å². The SMILES string of the molecule is C[C@@H]1CCC[C@@](C#N)(C2(O)CN(C(=O)OC(C)(C)C)C2)N1Cc1ccccc1. The van der Waals surface area contributed by atoms with Crippen LogP contribution in [-0.4, -0.2) is 56.9 Å². The first-order chi connectivity index (χ1) is 13.1. The Labute approximate surface area is 167 Å². The second-order valence-electron chi connectivity index (χ2n) is 9.19. The van der Waals surface area contributed by atoms with Gasteiger partial charge in [0.2, 0.25) is 0 Å². The predicted octanol–water partition coefficient (Wildman–Crippen LogP) is 3.31. The zero-order valence-corrected chi connectivity index (χ0v) is 17.3. The molecule has 2 saturated heterocycles. The van der Waals surface area contributed by atoms with Crippen LogP contribution in [0.15, 0.2) is 30.3 Å². The highest BCUT2D eigenvalue weighted by Crippen LogP contribution is 2.45. The molecule has 0 unspecified atom stereocenters. The van der Waals surface area contributed by atoms with Crippen LogP contribution in [0.3, 0.4) is 0 Å². The van der Waals surface area contributed by atoms with Crippen LogP contribution in [0, 0.1) is 11.3 Å². The number of β-amino-alcohol motifs (C(OH)–C–C–N with tert-alkyl or cyclic N) is 1. The molecule has 0 aliphatic carbocycles. The van der Waals surface area contributed by atoms with Crippen LogP contribution in [0.1, 0.15) is 52.5 Å². The van der Waals surface area contributed by atoms with E-state index in [2.05, 4.69) is 17.9 Å². The number of benzene rings is 1. The summed E-state index contributed by atoms with van der Waals surface area (Å²) in [6.07, 6.45) is 2.03. The summed E-state index contributed by atoms with van der Waals surface area (Å²) in [5.41, 5.74) is -1.75. The van der Waals surface area contributed by atoms with E-state index in [4.69, 9.17) is 4.74 Å². The van der Waals surface area contributed by atoms with Crippen LogP contribution in [0.25, 0.3) is 0 Å². The van der Waals surface area contributed by atoms with Crippen molar-refractivity contribution in [2.45, 2.75) is 76.3 Å². The van der Waals surface area contributed by atoms with E-state index in [0.29, 0.717) is 13.0 Å². The maximum absolute atomic E-state index is 12.3. The molecule has 152 valence electrons. The molecule has 3 rings (SSSR count). The van der Waals surface area contributed by atoms with Crippen molar-refractivity contribution in [1.29, 1.82) is 5.26 Å². The lowest BCUT2D eigenvalue weighted by molar-refractivity contribution is -0.186. The number of hydrogen-bond acceptors (Lipinski definition) is 5. The lowest BCUT2D eigenvalue weighted by Gasteiger charge is -2.60. The Bertz CT molecular complexity index is 747. The van der Waals surface area contributed by atoms with E-state index < -0.39 is 22.8 Å². The minimum atomic E-state index is -1.26. The molecule has 0 aromatic heterocycles. The molecule has 1 aromatic carbocycles. The van der Waals surface area contributed by atoms with Crippen molar-refractivity contribution in [2.24, 2.45) is 0 Å². The van der Waals surface area contributed by atoms with Crippen molar-refractivity contribution in [2.75, 3.05) is 13.1 Å². The molecule has 2 heterocycles. The number of amides is 1. The minimum absolute atomic E-state index is 0.119. The van der Waals surface area contributed by atoms with Gasteiger partial charge in [-0.25, -0.2) is 4.79 Å². The summed E-state index contributed by atoms with van der Waals surface area (Å²) < 4.78 is 5.41. The number of aliphatic hydroxyl groups is 1. The first-order valence-corrected chi connectivity index (χ1v) is 10.0. The number of nitrogens with zero attached hydrogens (tertiary/aromatic N) is 3. The van der Waals surface area contributed by atoms with Gasteiger partial charge >= 0.3 is 6.09 Å². The van der Waals surface area contributed by atoms with Crippen molar-refractivity contribution in [3.63, 3.8) is 0 Å². The molecule has 0 radical (unpaired) electrons. The van der Waals surface area contributed by atoms with Gasteiger partial charge in [0.05, 0.1) is 19.2 Å². The molecule has 2 fully saturated rings. The van der Waals surface area contributed by atoms with Crippen LogP contribution in [0.5, 0.6) is 0 Å². The second-order valence-corrected chi connectivity index (χ2v) is 9.19. The molecule has 0 saturated carbocycles. The summed E-state index contributed by atoms with van der Waals surface area (Å²) in [6.45, 7) is 8.40. The Balaban J connectivity index is 1.82. The van der Waals surface area contributed by atoms with E-state index in [1.807, 2.05) is 51.1 Å². The Kier molecular flexibility index (Phi) is 5.44. The number of ether oxygens (including phenoxy) is 1. The van der Waals surface area contributed by atoms with Crippen LogP contribution >= 0.6 is 0 Å². The van der Waals surface area contributed by atoms with Crippen LogP contribution in [-0.2, 0) is 11.3 Å². The quantitative estimate of drug-likeness (QED) is 0.864. The average Bonchev–Trinajstić information content (AvgIpc) is 2.60. The monoisotopic (exact) mass is 385 g/mol. The van der Waals surface area contributed by atoms with Gasteiger partial charge in [-0.3, -0.25) is 4.90 Å². The zero-order valence-electron chi connectivity index (χ0n) is 17.3. The van der Waals surface area contributed by atoms with Crippen molar-refractivity contribution >= 4 is 6.09 Å². The molecular formula is C22H31N3O3. The molecule has 1 amide bonds. The third-order valence-corrected chi connectivity index (χ3v) is 5.89. The van der Waals surface area contributed by atoms with Gasteiger partial charge in [-0.15, -0.1) is 0 Å². The summed E-state index contributed by atoms with van der Waals surface area (Å²) >= 11 is 0. The van der Waals surface area contributed by atoms with Gasteiger partial charge in [-0.05, 0) is 52.5 Å². The number of nitriles is 1. The van der Waals surface area contributed by atoms with Gasteiger partial charge in [-0.2, -0.15) is 5.26 Å². The topological polar surface area (TPSA) is 76.8 Å². The van der Waals surface area contributed by atoms with Gasteiger partial charge in [-0.1, -0.05) is 30.3 Å². The van der Waals surface area contributed by atoms with E-state index in [0.717, 1.165) is 18.4 Å². The second kappa shape index (κ2) is 7.38. The minimum Gasteiger partial charge on any atom is -0.444 e. The van der Waals surface area contributed by atoms with E-state index in [1.54, 1.807) is 0 Å². The summed E-state index contributed by atoms with van der Waals surface area (Å²) in [7, 11) is 0. The Morgan fingerprint density at radius 3 is 2.54 bits per heavy atom. The van der Waals surface area contributed by atoms with Gasteiger partial charge in [0.15, 0.2) is 0 Å². The highest BCUT2D eigenvalue weighted by molar-refractivity contribution is 5.70. The summed E-state index contributed by atoms with van der Waals surface area (Å²) in [6, 6.07) is 12.7. The van der Waals surface area contributed by atoms with Crippen molar-refractivity contribution in [3.05, 3.63) is 35.9 Å². The Morgan fingerprint density at radius 1 is 1.32 bits per heavy atom. The molecule has 6 heteroatoms. The number of carbonyl (C=O) groups excluding carboxylic acids is 1. The normalized spacial score (nSPS) is 27.6. The van der Waals surface area contributed by atoms with Crippen LogP contribution in [0.4, 0.5) is 4.79 Å². The molecule has 0 spiro atoms. The standard InChI is InChI=1S/C22H31N3O3/c1-17-9-8-12-21(14-23,25(17)13-18-10-6-5-7-11-18)22(27)15-24(16-22)19(26)28-20(2,3)4/h5-7,10-11,17,27H,8-9,12-13,15-16H2,1-4H3/t17-,21-/m1/s1. The maximum atomic E-state index is 12.3. The Hall–Kier alpha value is -2.10. The van der Waals surface area contributed by atoms with Gasteiger partial charge < -0.3 is 14.7 Å². The molecule has 2 aliphatic rings. The van der Waals surface area contributed by atoms with Crippen LogP contribution < -0.4 is 0 Å². The predicted molar refractivity (Wildman–Crippen MR) is 106 cm³/mol. The lowest BCUT2D eigenvalue weighted by atomic mass is 9.68. The highest BCUT2D eigenvalue weighted by Gasteiger charge is 2.63. The summed E-state index contributed by atoms with van der Waals surface area (Å²) in [4.78, 5) is 16.0. The van der Waals surface area contributed by atoms with Gasteiger partial charge in [0, 0.05) is 12.6 Å². The maximum Gasteiger partial charge on any atom is 0.410 e. The molecule has 28 heavy (non-hydrogen) atoms. The number of likely N-dealkylation sites (tertiary alicyclic amines) is 2. The molecule has 2 atom stereocenters. The van der Waals surface area contributed by atoms with Crippen molar-refractivity contribution in [3.8, 4) is 6.07 Å². The Morgan fingerprint density at radius 2 is 1.96 bits per heavy atom. The molecule has 0 bridgehead atoms. The number of rotatable bonds is 3. The van der Waals surface area contributed by atoms with Crippen molar-refractivity contribution in [1.82, 2.24) is 9.80 Å². The van der Waals surface area contributed by atoms with Crippen LogP contribution in [0.2, 0.25) is 0 Å². The largest absolute Gasteiger partial charge is 0.444 e. The first kappa shape index (κ1) is 20.6. The van der Waals surface area contributed by atoms with Crippen molar-refractivity contribution < 1.29 is 14.6 Å². The number of piperidine rings is 1. The smallest absolute Gasteiger partial charge is 0.410 e. The molecule has 1 aromatic rings. The number of hydrogen-bond donors (Lipinski definition) is 1.